The van der Waals surface area contributed by atoms with Gasteiger partial charge in [-0.05, 0) is 6.92 Å². The molecular weight excluding hydrogens is 160 g/mol. The van der Waals surface area contributed by atoms with Crippen molar-refractivity contribution in [1.82, 2.24) is 4.90 Å². The van der Waals surface area contributed by atoms with Gasteiger partial charge in [-0.1, -0.05) is 0 Å². The number of piperidine rings is 1. The van der Waals surface area contributed by atoms with Crippen molar-refractivity contribution in [3.63, 3.8) is 0 Å². The van der Waals surface area contributed by atoms with Gasteiger partial charge >= 0.3 is 0 Å². The fraction of sp³-hybridized carbons (Fsp3) is 0.889. The first-order chi connectivity index (χ1) is 5.49. The van der Waals surface area contributed by atoms with E-state index in [0.29, 0.717) is 19.0 Å². The topological polar surface area (TPSA) is 3.24 Å². The number of halogens is 2. The van der Waals surface area contributed by atoms with Crippen LogP contribution in [0.25, 0.3) is 0 Å². The molecule has 0 aromatic heterocycles. The highest BCUT2D eigenvalue weighted by Crippen LogP contribution is 2.27. The largest absolute Gasteiger partial charge is 0.298 e. The third kappa shape index (κ3) is 2.97. The lowest BCUT2D eigenvalue weighted by Gasteiger charge is -2.31. The highest BCUT2D eigenvalue weighted by molar-refractivity contribution is 4.78. The van der Waals surface area contributed by atoms with E-state index >= 15 is 0 Å². The summed E-state index contributed by atoms with van der Waals surface area (Å²) in [6.45, 7) is 7.73. The molecule has 0 aromatic carbocycles. The third-order valence-corrected chi connectivity index (χ3v) is 2.16. The smallest absolute Gasteiger partial charge is 0.250 e. The van der Waals surface area contributed by atoms with Crippen LogP contribution < -0.4 is 0 Å². The number of likely N-dealkylation sites (tertiary alicyclic amines) is 1. The lowest BCUT2D eigenvalue weighted by molar-refractivity contribution is -0.0562. The van der Waals surface area contributed by atoms with E-state index in [9.17, 15) is 8.78 Å². The quantitative estimate of drug-likeness (QED) is 0.583. The van der Waals surface area contributed by atoms with E-state index in [0.717, 1.165) is 6.54 Å². The first-order valence-corrected chi connectivity index (χ1v) is 4.43. The van der Waals surface area contributed by atoms with Gasteiger partial charge in [0.2, 0.25) is 0 Å². The Hall–Kier alpha value is -0.310. The van der Waals surface area contributed by atoms with Gasteiger partial charge in [0.25, 0.3) is 5.92 Å². The molecule has 1 unspecified atom stereocenters. The van der Waals surface area contributed by atoms with Crippen molar-refractivity contribution in [2.24, 2.45) is 5.92 Å². The van der Waals surface area contributed by atoms with Crippen LogP contribution in [0.1, 0.15) is 19.8 Å². The maximum Gasteiger partial charge on any atom is 0.250 e. The molecule has 0 saturated carbocycles. The highest BCUT2D eigenvalue weighted by atomic mass is 19.3. The van der Waals surface area contributed by atoms with Crippen LogP contribution in [0.5, 0.6) is 0 Å². The minimum absolute atomic E-state index is 0.0136. The van der Waals surface area contributed by atoms with Crippen molar-refractivity contribution in [1.29, 1.82) is 0 Å². The first-order valence-electron chi connectivity index (χ1n) is 4.43. The normalized spacial score (nSPS) is 26.9. The average Bonchev–Trinajstić information content (AvgIpc) is 1.93. The van der Waals surface area contributed by atoms with Gasteiger partial charge in [0.05, 0.1) is 6.92 Å². The van der Waals surface area contributed by atoms with E-state index in [2.05, 4.69) is 11.8 Å². The number of rotatable bonds is 2. The molecule has 0 radical (unpaired) electrons. The van der Waals surface area contributed by atoms with Gasteiger partial charge in [0, 0.05) is 32.5 Å². The summed E-state index contributed by atoms with van der Waals surface area (Å²) in [6, 6.07) is 0. The molecule has 12 heavy (non-hydrogen) atoms. The second-order valence-corrected chi connectivity index (χ2v) is 3.76. The number of hydrogen-bond acceptors (Lipinski definition) is 1. The molecule has 0 bridgehead atoms. The lowest BCUT2D eigenvalue weighted by Crippen LogP contribution is -2.40. The molecule has 1 fully saturated rings. The molecule has 0 aliphatic carbocycles. The average molecular weight is 176 g/mol. The molecule has 1 nitrogen and oxygen atoms in total. The number of hydrogen-bond donors (Lipinski definition) is 0. The van der Waals surface area contributed by atoms with Gasteiger partial charge in [-0.25, -0.2) is 8.78 Å². The number of alkyl halides is 2. The maximum absolute atomic E-state index is 12.7. The van der Waals surface area contributed by atoms with Crippen LogP contribution in [0.3, 0.4) is 0 Å². The van der Waals surface area contributed by atoms with Crippen LogP contribution >= 0.6 is 0 Å². The number of nitrogens with zero attached hydrogens (tertiary/aromatic N) is 1. The van der Waals surface area contributed by atoms with Crippen molar-refractivity contribution < 1.29 is 8.78 Å². The molecule has 1 atom stereocenters. The zero-order chi connectivity index (χ0) is 9.19. The fourth-order valence-corrected chi connectivity index (χ4v) is 1.50. The Labute approximate surface area is 72.7 Å². The first kappa shape index (κ1) is 9.78. The molecule has 1 aliphatic heterocycles. The Bertz CT molecular complexity index is 135. The Morgan fingerprint density at radius 1 is 1.42 bits per heavy atom. The van der Waals surface area contributed by atoms with Gasteiger partial charge in [-0.3, -0.25) is 4.90 Å². The predicted octanol–water partition coefficient (Wildman–Crippen LogP) is 2.19. The summed E-state index contributed by atoms with van der Waals surface area (Å²) < 4.78 is 25.3. The van der Waals surface area contributed by atoms with Crippen molar-refractivity contribution in [3.8, 4) is 0 Å². The summed E-state index contributed by atoms with van der Waals surface area (Å²) in [7, 11) is 0. The van der Waals surface area contributed by atoms with Gasteiger partial charge in [0.1, 0.15) is 5.92 Å². The molecule has 0 amide bonds. The molecule has 70 valence electrons. The van der Waals surface area contributed by atoms with Crippen LogP contribution in [0.15, 0.2) is 0 Å². The van der Waals surface area contributed by atoms with E-state index in [1.165, 1.54) is 0 Å². The molecule has 1 aliphatic rings. The summed E-state index contributed by atoms with van der Waals surface area (Å²) in [5.41, 5.74) is 0. The van der Waals surface area contributed by atoms with Crippen molar-refractivity contribution in [2.75, 3.05) is 19.6 Å². The molecule has 0 N–H and O–H groups in total. The molecule has 3 heteroatoms. The summed E-state index contributed by atoms with van der Waals surface area (Å²) in [6.07, 6.45) is 0.0272. The SMILES string of the molecule is [CH2+]C(C)CN1CCC(F)(F)CC1. The van der Waals surface area contributed by atoms with E-state index < -0.39 is 5.92 Å². The molecule has 1 heterocycles. The Balaban J connectivity index is 2.27. The van der Waals surface area contributed by atoms with Gasteiger partial charge in [0.15, 0.2) is 0 Å². The zero-order valence-electron chi connectivity index (χ0n) is 7.52. The summed E-state index contributed by atoms with van der Waals surface area (Å²) in [4.78, 5) is 2.06. The fourth-order valence-electron chi connectivity index (χ4n) is 1.50. The zero-order valence-corrected chi connectivity index (χ0v) is 7.52. The van der Waals surface area contributed by atoms with Crippen molar-refractivity contribution in [2.45, 2.75) is 25.7 Å². The van der Waals surface area contributed by atoms with Gasteiger partial charge < -0.3 is 0 Å². The minimum Gasteiger partial charge on any atom is -0.298 e. The van der Waals surface area contributed by atoms with Gasteiger partial charge in [-0.15, -0.1) is 0 Å². The lowest BCUT2D eigenvalue weighted by atomic mass is 10.1. The monoisotopic (exact) mass is 176 g/mol. The standard InChI is InChI=1S/C9H16F2N/c1-8(2)7-12-5-3-9(10,11)4-6-12/h8H,1,3-7H2,2H3/q+1. The van der Waals surface area contributed by atoms with Crippen LogP contribution in [-0.2, 0) is 0 Å². The molecular formula is C9H16F2N+. The second kappa shape index (κ2) is 3.60. The summed E-state index contributed by atoms with van der Waals surface area (Å²) >= 11 is 0. The third-order valence-electron chi connectivity index (χ3n) is 2.16. The molecule has 0 aromatic rings. The predicted molar refractivity (Wildman–Crippen MR) is 45.1 cm³/mol. The van der Waals surface area contributed by atoms with Crippen LogP contribution in [0, 0.1) is 12.8 Å². The molecule has 0 spiro atoms. The molecule has 1 rings (SSSR count). The van der Waals surface area contributed by atoms with Crippen LogP contribution in [-0.4, -0.2) is 30.5 Å². The maximum atomic E-state index is 12.7. The molecule has 1 saturated heterocycles. The van der Waals surface area contributed by atoms with Crippen molar-refractivity contribution >= 4 is 0 Å². The van der Waals surface area contributed by atoms with E-state index in [1.807, 2.05) is 6.92 Å². The van der Waals surface area contributed by atoms with E-state index in [1.54, 1.807) is 0 Å². The highest BCUT2D eigenvalue weighted by Gasteiger charge is 2.34. The Kier molecular flexibility index (Phi) is 2.94. The summed E-state index contributed by atoms with van der Waals surface area (Å²) in [5.74, 6) is -2.09. The van der Waals surface area contributed by atoms with Gasteiger partial charge in [-0.2, -0.15) is 0 Å². The van der Waals surface area contributed by atoms with E-state index in [-0.39, 0.29) is 12.8 Å². The van der Waals surface area contributed by atoms with Crippen LogP contribution in [0.4, 0.5) is 8.78 Å². The minimum atomic E-state index is -2.42. The second-order valence-electron chi connectivity index (χ2n) is 3.76. The van der Waals surface area contributed by atoms with Crippen LogP contribution in [0.2, 0.25) is 0 Å². The van der Waals surface area contributed by atoms with Crippen molar-refractivity contribution in [3.05, 3.63) is 6.92 Å². The summed E-state index contributed by atoms with van der Waals surface area (Å²) in [5, 5.41) is 0. The Morgan fingerprint density at radius 3 is 2.33 bits per heavy atom. The Morgan fingerprint density at radius 2 is 1.92 bits per heavy atom. The van der Waals surface area contributed by atoms with E-state index in [4.69, 9.17) is 0 Å².